The maximum absolute atomic E-state index is 12.2. The fourth-order valence-corrected chi connectivity index (χ4v) is 3.23. The Bertz CT molecular complexity index is 498. The number of carbonyl (C=O) groups is 3. The summed E-state index contributed by atoms with van der Waals surface area (Å²) in [6.07, 6.45) is 1.03. The van der Waals surface area contributed by atoms with E-state index in [0.29, 0.717) is 58.4 Å². The van der Waals surface area contributed by atoms with E-state index in [1.54, 1.807) is 23.6 Å². The van der Waals surface area contributed by atoms with Crippen molar-refractivity contribution in [2.45, 2.75) is 51.2 Å². The van der Waals surface area contributed by atoms with Crippen LogP contribution in [-0.4, -0.2) is 87.2 Å². The molecule has 0 spiro atoms. The third kappa shape index (κ3) is 4.37. The summed E-state index contributed by atoms with van der Waals surface area (Å²) in [4.78, 5) is 40.0. The minimum Gasteiger partial charge on any atom is -0.465 e. The van der Waals surface area contributed by atoms with Gasteiger partial charge >= 0.3 is 6.09 Å². The number of rotatable bonds is 4. The van der Waals surface area contributed by atoms with Crippen LogP contribution in [0.1, 0.15) is 39.5 Å². The van der Waals surface area contributed by atoms with Crippen LogP contribution in [0, 0.1) is 0 Å². The number of carbonyl (C=O) groups excluding carboxylic acids is 2. The van der Waals surface area contributed by atoms with E-state index in [4.69, 9.17) is 5.11 Å². The molecule has 2 aliphatic heterocycles. The first-order chi connectivity index (χ1) is 11.2. The van der Waals surface area contributed by atoms with Gasteiger partial charge in [0.2, 0.25) is 11.8 Å². The van der Waals surface area contributed by atoms with Gasteiger partial charge < -0.3 is 20.0 Å². The monoisotopic (exact) mass is 341 g/mol. The van der Waals surface area contributed by atoms with Crippen LogP contribution < -0.4 is 0 Å². The fraction of sp³-hybridized carbons (Fsp3) is 0.812. The second kappa shape index (κ2) is 7.38. The number of piperidine rings is 1. The van der Waals surface area contributed by atoms with E-state index in [-0.39, 0.29) is 11.8 Å². The van der Waals surface area contributed by atoms with Crippen molar-refractivity contribution in [3.05, 3.63) is 0 Å². The van der Waals surface area contributed by atoms with Crippen molar-refractivity contribution in [2.24, 2.45) is 0 Å². The van der Waals surface area contributed by atoms with E-state index >= 15 is 0 Å². The molecule has 8 heteroatoms. The number of hydrogen-bond acceptors (Lipinski definition) is 4. The molecule has 2 rings (SSSR count). The van der Waals surface area contributed by atoms with Gasteiger partial charge in [-0.25, -0.2) is 4.79 Å². The van der Waals surface area contributed by atoms with Gasteiger partial charge in [0.25, 0.3) is 0 Å². The van der Waals surface area contributed by atoms with Gasteiger partial charge in [0, 0.05) is 39.1 Å². The van der Waals surface area contributed by atoms with Crippen LogP contribution in [-0.2, 0) is 9.59 Å². The summed E-state index contributed by atoms with van der Waals surface area (Å²) in [6.45, 7) is 5.66. The molecule has 8 nitrogen and oxygen atoms in total. The average Bonchev–Trinajstić information content (AvgIpc) is 2.51. The second-order valence-electron chi connectivity index (χ2n) is 6.96. The minimum atomic E-state index is -1.08. The number of carboxylic acid groups (broad SMARTS) is 1. The van der Waals surface area contributed by atoms with Crippen molar-refractivity contribution in [3.63, 3.8) is 0 Å². The Morgan fingerprint density at radius 3 is 2.42 bits per heavy atom. The van der Waals surface area contributed by atoms with E-state index in [0.717, 1.165) is 4.90 Å². The zero-order chi connectivity index (χ0) is 17.9. The molecule has 3 amide bonds. The van der Waals surface area contributed by atoms with Crippen molar-refractivity contribution in [2.75, 3.05) is 32.7 Å². The summed E-state index contributed by atoms with van der Waals surface area (Å²) in [6, 6.07) is -0.670. The first-order valence-corrected chi connectivity index (χ1v) is 8.50. The molecule has 2 heterocycles. The van der Waals surface area contributed by atoms with Gasteiger partial charge in [-0.15, -0.1) is 0 Å². The third-order valence-electron chi connectivity index (χ3n) is 5.01. The molecule has 2 N–H and O–H groups in total. The normalized spacial score (nSPS) is 24.2. The van der Waals surface area contributed by atoms with Crippen molar-refractivity contribution < 1.29 is 24.6 Å². The lowest BCUT2D eigenvalue weighted by atomic mass is 9.93. The molecule has 0 unspecified atom stereocenters. The standard InChI is InChI=1S/C16H27N3O5/c1-12-14(21)18(10-11-19(12)15(22)23)7-3-4-13(20)17-8-5-16(2,24)6-9-17/h12,24H,3-11H2,1-2H3,(H,22,23)/t12-/m0/s1. The highest BCUT2D eigenvalue weighted by Gasteiger charge is 2.34. The van der Waals surface area contributed by atoms with Gasteiger partial charge in [-0.05, 0) is 33.1 Å². The zero-order valence-electron chi connectivity index (χ0n) is 14.4. The van der Waals surface area contributed by atoms with E-state index in [1.807, 2.05) is 0 Å². The summed E-state index contributed by atoms with van der Waals surface area (Å²) in [5, 5.41) is 18.9. The predicted octanol–water partition coefficient (Wildman–Crippen LogP) is 0.351. The molecule has 136 valence electrons. The Balaban J connectivity index is 1.73. The van der Waals surface area contributed by atoms with Crippen LogP contribution in [0.2, 0.25) is 0 Å². The van der Waals surface area contributed by atoms with Gasteiger partial charge in [-0.3, -0.25) is 14.5 Å². The van der Waals surface area contributed by atoms with Crippen LogP contribution in [0.4, 0.5) is 4.79 Å². The maximum Gasteiger partial charge on any atom is 0.408 e. The highest BCUT2D eigenvalue weighted by Crippen LogP contribution is 2.21. The molecule has 0 aromatic carbocycles. The lowest BCUT2D eigenvalue weighted by Crippen LogP contribution is -2.57. The molecule has 0 bridgehead atoms. The molecule has 24 heavy (non-hydrogen) atoms. The number of amides is 3. The molecule has 0 aromatic heterocycles. The molecule has 1 atom stereocenters. The summed E-state index contributed by atoms with van der Waals surface area (Å²) in [5.74, 6) is -0.153. The SMILES string of the molecule is C[C@H]1C(=O)N(CCCC(=O)N2CCC(C)(O)CC2)CCN1C(=O)O. The summed E-state index contributed by atoms with van der Waals surface area (Å²) in [5.41, 5.74) is -0.677. The zero-order valence-corrected chi connectivity index (χ0v) is 14.4. The topological polar surface area (TPSA) is 101 Å². The number of nitrogens with zero attached hydrogens (tertiary/aromatic N) is 3. The van der Waals surface area contributed by atoms with Gasteiger partial charge in [0.15, 0.2) is 0 Å². The lowest BCUT2D eigenvalue weighted by Gasteiger charge is -2.38. The lowest BCUT2D eigenvalue weighted by molar-refractivity contribution is -0.141. The molecule has 0 radical (unpaired) electrons. The van der Waals surface area contributed by atoms with Crippen LogP contribution in [0.15, 0.2) is 0 Å². The number of hydrogen-bond donors (Lipinski definition) is 2. The summed E-state index contributed by atoms with van der Waals surface area (Å²) < 4.78 is 0. The van der Waals surface area contributed by atoms with E-state index < -0.39 is 17.7 Å². The summed E-state index contributed by atoms with van der Waals surface area (Å²) in [7, 11) is 0. The molecular formula is C16H27N3O5. The minimum absolute atomic E-state index is 0.0511. The van der Waals surface area contributed by atoms with Gasteiger partial charge in [0.1, 0.15) is 6.04 Å². The van der Waals surface area contributed by atoms with Crippen molar-refractivity contribution >= 4 is 17.9 Å². The fourth-order valence-electron chi connectivity index (χ4n) is 3.23. The van der Waals surface area contributed by atoms with Crippen molar-refractivity contribution in [3.8, 4) is 0 Å². The van der Waals surface area contributed by atoms with Crippen LogP contribution >= 0.6 is 0 Å². The van der Waals surface area contributed by atoms with Crippen LogP contribution in [0.5, 0.6) is 0 Å². The van der Waals surface area contributed by atoms with E-state index in [1.165, 1.54) is 0 Å². The van der Waals surface area contributed by atoms with Gasteiger partial charge in [0.05, 0.1) is 5.60 Å². The Kier molecular flexibility index (Phi) is 5.69. The molecule has 0 saturated carbocycles. The maximum atomic E-state index is 12.2. The van der Waals surface area contributed by atoms with E-state index in [9.17, 15) is 19.5 Å². The Morgan fingerprint density at radius 2 is 1.83 bits per heavy atom. The van der Waals surface area contributed by atoms with Gasteiger partial charge in [-0.1, -0.05) is 0 Å². The van der Waals surface area contributed by atoms with E-state index in [2.05, 4.69) is 0 Å². The largest absolute Gasteiger partial charge is 0.465 e. The molecule has 2 aliphatic rings. The highest BCUT2D eigenvalue weighted by atomic mass is 16.4. The van der Waals surface area contributed by atoms with Crippen LogP contribution in [0.25, 0.3) is 0 Å². The quantitative estimate of drug-likeness (QED) is 0.768. The first-order valence-electron chi connectivity index (χ1n) is 8.50. The molecule has 2 fully saturated rings. The first kappa shape index (κ1) is 18.5. The summed E-state index contributed by atoms with van der Waals surface area (Å²) >= 11 is 0. The Labute approximate surface area is 142 Å². The third-order valence-corrected chi connectivity index (χ3v) is 5.01. The number of likely N-dealkylation sites (tertiary alicyclic amines) is 1. The predicted molar refractivity (Wildman–Crippen MR) is 86.4 cm³/mol. The van der Waals surface area contributed by atoms with Gasteiger partial charge in [-0.2, -0.15) is 0 Å². The molecule has 0 aliphatic carbocycles. The number of piperazine rings is 1. The Morgan fingerprint density at radius 1 is 1.21 bits per heavy atom. The second-order valence-corrected chi connectivity index (χ2v) is 6.96. The highest BCUT2D eigenvalue weighted by molar-refractivity contribution is 5.86. The van der Waals surface area contributed by atoms with Crippen molar-refractivity contribution in [1.82, 2.24) is 14.7 Å². The molecular weight excluding hydrogens is 314 g/mol. The average molecular weight is 341 g/mol. The number of aliphatic hydroxyl groups is 1. The van der Waals surface area contributed by atoms with Crippen molar-refractivity contribution in [1.29, 1.82) is 0 Å². The Hall–Kier alpha value is -1.83. The smallest absolute Gasteiger partial charge is 0.408 e. The molecule has 0 aromatic rings. The van der Waals surface area contributed by atoms with Crippen LogP contribution in [0.3, 0.4) is 0 Å². The molecule has 2 saturated heterocycles.